The molecular formula is C20H30Br2N2O5. The van der Waals surface area contributed by atoms with Crippen LogP contribution in [0.3, 0.4) is 0 Å². The van der Waals surface area contributed by atoms with Gasteiger partial charge < -0.3 is 30.5 Å². The van der Waals surface area contributed by atoms with Crippen molar-refractivity contribution in [1.29, 1.82) is 0 Å². The lowest BCUT2D eigenvalue weighted by Gasteiger charge is -2.42. The van der Waals surface area contributed by atoms with E-state index >= 15 is 0 Å². The Bertz CT molecular complexity index is 704. The number of aliphatic hydroxyl groups is 4. The molecule has 1 aliphatic carbocycles. The Morgan fingerprint density at radius 3 is 2.55 bits per heavy atom. The zero-order valence-electron chi connectivity index (χ0n) is 16.5. The summed E-state index contributed by atoms with van der Waals surface area (Å²) in [6, 6.07) is 4.50. The van der Waals surface area contributed by atoms with Gasteiger partial charge in [0.15, 0.2) is 0 Å². The smallest absolute Gasteiger partial charge is 0.212 e. The third-order valence-electron chi connectivity index (χ3n) is 5.96. The Morgan fingerprint density at radius 1 is 1.17 bits per heavy atom. The third-order valence-corrected chi connectivity index (χ3v) is 7.04. The second-order valence-electron chi connectivity index (χ2n) is 8.14. The lowest BCUT2D eigenvalue weighted by molar-refractivity contribution is -0.313. The van der Waals surface area contributed by atoms with Crippen molar-refractivity contribution >= 4 is 37.5 Å². The quantitative estimate of drug-likeness (QED) is 0.379. The highest BCUT2D eigenvalue weighted by molar-refractivity contribution is 9.11. The van der Waals surface area contributed by atoms with E-state index in [0.29, 0.717) is 6.04 Å². The van der Waals surface area contributed by atoms with Gasteiger partial charge in [0.2, 0.25) is 5.79 Å². The van der Waals surface area contributed by atoms with Gasteiger partial charge in [-0.05, 0) is 53.5 Å². The summed E-state index contributed by atoms with van der Waals surface area (Å²) in [4.78, 5) is 2.36. The molecule has 1 heterocycles. The van der Waals surface area contributed by atoms with Crippen LogP contribution < -0.4 is 5.32 Å². The van der Waals surface area contributed by atoms with Crippen molar-refractivity contribution in [1.82, 2.24) is 4.90 Å². The van der Waals surface area contributed by atoms with Crippen molar-refractivity contribution in [2.24, 2.45) is 0 Å². The first-order valence-electron chi connectivity index (χ1n) is 10.0. The largest absolute Gasteiger partial charge is 0.388 e. The van der Waals surface area contributed by atoms with Crippen LogP contribution in [0.5, 0.6) is 0 Å². The zero-order valence-corrected chi connectivity index (χ0v) is 19.7. The molecule has 7 nitrogen and oxygen atoms in total. The van der Waals surface area contributed by atoms with Gasteiger partial charge in [-0.1, -0.05) is 35.2 Å². The normalized spacial score (nSPS) is 31.2. The summed E-state index contributed by atoms with van der Waals surface area (Å²) in [6.45, 7) is 0.335. The van der Waals surface area contributed by atoms with Gasteiger partial charge in [0.25, 0.3) is 0 Å². The highest BCUT2D eigenvalue weighted by Gasteiger charge is 2.48. The number of hydrogen-bond acceptors (Lipinski definition) is 7. The molecule has 0 spiro atoms. The fourth-order valence-electron chi connectivity index (χ4n) is 4.13. The molecule has 0 aromatic heterocycles. The molecule has 164 valence electrons. The van der Waals surface area contributed by atoms with E-state index in [1.807, 2.05) is 12.1 Å². The van der Waals surface area contributed by atoms with Crippen LogP contribution in [0.25, 0.3) is 0 Å². The first-order valence-corrected chi connectivity index (χ1v) is 11.6. The standard InChI is InChI=1S/C20H30Br2N2O5/c1-24(14-5-3-2-4-6-14)9-12-7-13(21)8-15(22)17(12)23-11-20(28)19(27)18(26)16(25)10-29-20/h7-8,14,16,18-19,23,25-28H,2-6,9-11H2,1H3/t16-,18+,19-,20?/m1/s1. The molecule has 1 unspecified atom stereocenters. The van der Waals surface area contributed by atoms with Crippen LogP contribution in [0.1, 0.15) is 37.7 Å². The third kappa shape index (κ3) is 5.51. The summed E-state index contributed by atoms with van der Waals surface area (Å²) in [5.41, 5.74) is 1.83. The first-order chi connectivity index (χ1) is 13.7. The van der Waals surface area contributed by atoms with Crippen LogP contribution in [0.4, 0.5) is 5.69 Å². The Hall–Kier alpha value is -0.260. The van der Waals surface area contributed by atoms with Crippen LogP contribution in [-0.4, -0.2) is 75.7 Å². The molecule has 0 bridgehead atoms. The minimum Gasteiger partial charge on any atom is -0.388 e. The van der Waals surface area contributed by atoms with Crippen LogP contribution in [0.15, 0.2) is 21.1 Å². The Morgan fingerprint density at radius 2 is 1.86 bits per heavy atom. The van der Waals surface area contributed by atoms with E-state index in [9.17, 15) is 20.4 Å². The predicted octanol–water partition coefficient (Wildman–Crippen LogP) is 2.19. The minimum atomic E-state index is -2.00. The molecule has 0 radical (unpaired) electrons. The van der Waals surface area contributed by atoms with Crippen LogP contribution in [-0.2, 0) is 11.3 Å². The van der Waals surface area contributed by atoms with Crippen LogP contribution in [0, 0.1) is 0 Å². The van der Waals surface area contributed by atoms with Gasteiger partial charge in [-0.15, -0.1) is 0 Å². The van der Waals surface area contributed by atoms with Crippen molar-refractivity contribution in [2.45, 2.75) is 68.8 Å². The molecule has 1 saturated carbocycles. The molecule has 1 saturated heterocycles. The summed E-state index contributed by atoms with van der Waals surface area (Å²) in [7, 11) is 2.13. The van der Waals surface area contributed by atoms with E-state index < -0.39 is 24.1 Å². The highest BCUT2D eigenvalue weighted by Crippen LogP contribution is 2.34. The van der Waals surface area contributed by atoms with Gasteiger partial charge in [0, 0.05) is 21.5 Å². The number of aliphatic hydroxyl groups excluding tert-OH is 3. The number of anilines is 1. The minimum absolute atomic E-state index is 0.141. The van der Waals surface area contributed by atoms with E-state index in [-0.39, 0.29) is 13.2 Å². The molecule has 2 fully saturated rings. The molecule has 2 aliphatic rings. The fourth-order valence-corrected chi connectivity index (χ4v) is 5.58. The number of rotatable bonds is 6. The van der Waals surface area contributed by atoms with Crippen molar-refractivity contribution in [3.63, 3.8) is 0 Å². The molecule has 0 amide bonds. The first kappa shape index (κ1) is 23.4. The van der Waals surface area contributed by atoms with E-state index in [1.54, 1.807) is 0 Å². The van der Waals surface area contributed by atoms with Gasteiger partial charge in [0.1, 0.15) is 18.3 Å². The van der Waals surface area contributed by atoms with Gasteiger partial charge in [-0.25, -0.2) is 0 Å². The summed E-state index contributed by atoms with van der Waals surface area (Å²) < 4.78 is 7.01. The Labute approximate surface area is 188 Å². The van der Waals surface area contributed by atoms with Gasteiger partial charge in [0.05, 0.1) is 18.8 Å². The Balaban J connectivity index is 1.74. The monoisotopic (exact) mass is 536 g/mol. The summed E-state index contributed by atoms with van der Waals surface area (Å²) in [6.07, 6.45) is 1.91. The van der Waals surface area contributed by atoms with Gasteiger partial charge >= 0.3 is 0 Å². The maximum atomic E-state index is 10.7. The second kappa shape index (κ2) is 9.91. The SMILES string of the molecule is CN(Cc1cc(Br)cc(Br)c1NCC1(O)OC[C@@H](O)[C@H](O)[C@H]1O)C1CCCCC1. The van der Waals surface area contributed by atoms with E-state index in [0.717, 1.165) is 26.7 Å². The fraction of sp³-hybridized carbons (Fsp3) is 0.700. The molecule has 1 aromatic carbocycles. The molecule has 1 aromatic rings. The number of benzene rings is 1. The zero-order chi connectivity index (χ0) is 21.2. The van der Waals surface area contributed by atoms with Crippen molar-refractivity contribution < 1.29 is 25.2 Å². The summed E-state index contributed by atoms with van der Waals surface area (Å²) >= 11 is 7.12. The summed E-state index contributed by atoms with van der Waals surface area (Å²) in [5, 5.41) is 43.6. The second-order valence-corrected chi connectivity index (χ2v) is 9.91. The molecule has 3 rings (SSSR count). The summed E-state index contributed by atoms with van der Waals surface area (Å²) in [5.74, 6) is -2.00. The van der Waals surface area contributed by atoms with Gasteiger partial charge in [-0.3, -0.25) is 4.90 Å². The number of hydrogen-bond donors (Lipinski definition) is 5. The maximum Gasteiger partial charge on any atom is 0.212 e. The maximum absolute atomic E-state index is 10.7. The lowest BCUT2D eigenvalue weighted by Crippen LogP contribution is -2.63. The number of halogens is 2. The highest BCUT2D eigenvalue weighted by atomic mass is 79.9. The van der Waals surface area contributed by atoms with Crippen molar-refractivity contribution in [3.8, 4) is 0 Å². The van der Waals surface area contributed by atoms with Crippen LogP contribution in [0.2, 0.25) is 0 Å². The molecule has 29 heavy (non-hydrogen) atoms. The average Bonchev–Trinajstić information content (AvgIpc) is 2.69. The number of nitrogens with one attached hydrogen (secondary N) is 1. The van der Waals surface area contributed by atoms with E-state index in [4.69, 9.17) is 4.74 Å². The van der Waals surface area contributed by atoms with Crippen LogP contribution >= 0.6 is 31.9 Å². The predicted molar refractivity (Wildman–Crippen MR) is 118 cm³/mol. The Kier molecular flexibility index (Phi) is 8.00. The van der Waals surface area contributed by atoms with E-state index in [2.05, 4.69) is 49.1 Å². The lowest BCUT2D eigenvalue weighted by atomic mass is 9.94. The molecule has 9 heteroatoms. The number of ether oxygens (including phenoxy) is 1. The van der Waals surface area contributed by atoms with Crippen molar-refractivity contribution in [3.05, 3.63) is 26.6 Å². The number of nitrogens with zero attached hydrogens (tertiary/aromatic N) is 1. The van der Waals surface area contributed by atoms with Crippen molar-refractivity contribution in [2.75, 3.05) is 25.5 Å². The molecule has 1 aliphatic heterocycles. The molecule has 4 atom stereocenters. The topological polar surface area (TPSA) is 105 Å². The molecule has 5 N–H and O–H groups in total. The van der Waals surface area contributed by atoms with Gasteiger partial charge in [-0.2, -0.15) is 0 Å². The van der Waals surface area contributed by atoms with E-state index in [1.165, 1.54) is 32.1 Å². The average molecular weight is 538 g/mol. The molecular weight excluding hydrogens is 508 g/mol.